The van der Waals surface area contributed by atoms with E-state index < -0.39 is 36.3 Å². The van der Waals surface area contributed by atoms with Crippen LogP contribution >= 0.6 is 0 Å². The minimum atomic E-state index is -1.24. The fourth-order valence-corrected chi connectivity index (χ4v) is 3.31. The summed E-state index contributed by atoms with van der Waals surface area (Å²) in [5, 5.41) is 15.2. The van der Waals surface area contributed by atoms with Gasteiger partial charge in [-0.1, -0.05) is 30.7 Å². The number of nitrogens with one attached hydrogen (secondary N) is 2. The minimum Gasteiger partial charge on any atom is -0.444 e. The second-order valence-corrected chi connectivity index (χ2v) is 9.34. The van der Waals surface area contributed by atoms with Crippen LogP contribution in [0.4, 0.5) is 4.79 Å². The maximum absolute atomic E-state index is 13.5. The minimum absolute atomic E-state index is 0.123. The number of amides is 3. The van der Waals surface area contributed by atoms with Crippen LogP contribution in [-0.2, 0) is 14.3 Å². The molecule has 1 aromatic carbocycles. The van der Waals surface area contributed by atoms with Gasteiger partial charge in [0.15, 0.2) is 0 Å². The molecule has 8 nitrogen and oxygen atoms in total. The first-order chi connectivity index (χ1) is 14.8. The summed E-state index contributed by atoms with van der Waals surface area (Å²) in [5.74, 6) is -0.866. The van der Waals surface area contributed by atoms with E-state index in [1.54, 1.807) is 20.8 Å². The number of hydrogen-bond donors (Lipinski definition) is 3. The van der Waals surface area contributed by atoms with Gasteiger partial charge in [0, 0.05) is 12.6 Å². The lowest BCUT2D eigenvalue weighted by molar-refractivity contribution is -0.143. The average Bonchev–Trinajstić information content (AvgIpc) is 2.65. The monoisotopic (exact) mass is 449 g/mol. The first kappa shape index (κ1) is 27.4. The fraction of sp³-hybridized carbons (Fsp3) is 0.625. The maximum Gasteiger partial charge on any atom is 0.408 e. The average molecular weight is 450 g/mol. The van der Waals surface area contributed by atoms with Crippen molar-refractivity contribution < 1.29 is 24.2 Å². The molecule has 0 spiro atoms. The summed E-state index contributed by atoms with van der Waals surface area (Å²) in [7, 11) is 0. The van der Waals surface area contributed by atoms with Gasteiger partial charge in [-0.3, -0.25) is 9.59 Å². The largest absolute Gasteiger partial charge is 0.444 e. The second kappa shape index (κ2) is 11.9. The van der Waals surface area contributed by atoms with Crippen LogP contribution in [0, 0.1) is 13.8 Å². The molecule has 0 bridgehead atoms. The molecule has 0 saturated carbocycles. The van der Waals surface area contributed by atoms with E-state index in [1.165, 1.54) is 4.90 Å². The molecule has 0 aliphatic heterocycles. The Morgan fingerprint density at radius 3 is 2.25 bits per heavy atom. The molecule has 1 rings (SSSR count). The molecule has 0 saturated heterocycles. The summed E-state index contributed by atoms with van der Waals surface area (Å²) in [6.07, 6.45) is -0.219. The SMILES string of the molecule is CCCN(C(=O)C(CO)NC(=O)OC(C)(C)C)C(C(=O)NC(C)C)c1cc(C)ccc1C. The number of hydrogen-bond acceptors (Lipinski definition) is 5. The van der Waals surface area contributed by atoms with Crippen LogP contribution in [-0.4, -0.2) is 58.8 Å². The smallest absolute Gasteiger partial charge is 0.408 e. The van der Waals surface area contributed by atoms with Crippen LogP contribution < -0.4 is 10.6 Å². The van der Waals surface area contributed by atoms with Crippen molar-refractivity contribution in [3.05, 3.63) is 34.9 Å². The number of aliphatic hydroxyl groups is 1. The summed E-state index contributed by atoms with van der Waals surface area (Å²) in [4.78, 5) is 40.4. The van der Waals surface area contributed by atoms with Gasteiger partial charge in [0.2, 0.25) is 11.8 Å². The lowest BCUT2D eigenvalue weighted by Gasteiger charge is -2.35. The zero-order chi connectivity index (χ0) is 24.6. The normalized spacial score (nSPS) is 13.3. The van der Waals surface area contributed by atoms with E-state index in [-0.39, 0.29) is 18.5 Å². The van der Waals surface area contributed by atoms with Crippen molar-refractivity contribution in [3.63, 3.8) is 0 Å². The molecule has 1 aromatic rings. The second-order valence-electron chi connectivity index (χ2n) is 9.34. The van der Waals surface area contributed by atoms with Gasteiger partial charge in [-0.2, -0.15) is 0 Å². The number of aliphatic hydroxyl groups excluding tert-OH is 1. The van der Waals surface area contributed by atoms with Crippen LogP contribution in [0.5, 0.6) is 0 Å². The Morgan fingerprint density at radius 2 is 1.75 bits per heavy atom. The summed E-state index contributed by atoms with van der Waals surface area (Å²) < 4.78 is 5.23. The lowest BCUT2D eigenvalue weighted by atomic mass is 9.96. The highest BCUT2D eigenvalue weighted by atomic mass is 16.6. The van der Waals surface area contributed by atoms with Crippen molar-refractivity contribution in [1.82, 2.24) is 15.5 Å². The van der Waals surface area contributed by atoms with Gasteiger partial charge in [0.05, 0.1) is 6.61 Å². The molecule has 180 valence electrons. The molecule has 0 heterocycles. The third-order valence-corrected chi connectivity index (χ3v) is 4.64. The molecule has 2 unspecified atom stereocenters. The van der Waals surface area contributed by atoms with E-state index in [0.717, 1.165) is 11.1 Å². The summed E-state index contributed by atoms with van der Waals surface area (Å²) in [6, 6.07) is 3.49. The predicted octanol–water partition coefficient (Wildman–Crippen LogP) is 2.99. The number of rotatable bonds is 9. The Balaban J connectivity index is 3.39. The molecule has 3 amide bonds. The number of nitrogens with zero attached hydrogens (tertiary/aromatic N) is 1. The van der Waals surface area contributed by atoms with Gasteiger partial charge in [0.25, 0.3) is 0 Å². The first-order valence-corrected chi connectivity index (χ1v) is 11.1. The van der Waals surface area contributed by atoms with E-state index in [9.17, 15) is 19.5 Å². The summed E-state index contributed by atoms with van der Waals surface area (Å²) in [6.45, 7) is 14.2. The molecule has 0 aliphatic rings. The van der Waals surface area contributed by atoms with Gasteiger partial charge in [-0.05, 0) is 66.0 Å². The Bertz CT molecular complexity index is 801. The van der Waals surface area contributed by atoms with Crippen LogP contribution in [0.25, 0.3) is 0 Å². The standard InChI is InChI=1S/C24H39N3O5/c1-9-12-27(22(30)19(14-28)26-23(31)32-24(6,7)8)20(21(29)25-15(2)3)18-13-16(4)10-11-17(18)5/h10-11,13,15,19-20,28H,9,12,14H2,1-8H3,(H,25,29)(H,26,31). The molecule has 3 N–H and O–H groups in total. The third kappa shape index (κ3) is 8.15. The Hall–Kier alpha value is -2.61. The highest BCUT2D eigenvalue weighted by Gasteiger charge is 2.36. The number of aryl methyl sites for hydroxylation is 2. The van der Waals surface area contributed by atoms with Crippen LogP contribution in [0.1, 0.15) is 70.7 Å². The van der Waals surface area contributed by atoms with E-state index in [2.05, 4.69) is 10.6 Å². The first-order valence-electron chi connectivity index (χ1n) is 11.1. The molecule has 0 fully saturated rings. The number of carbonyl (C=O) groups is 3. The topological polar surface area (TPSA) is 108 Å². The maximum atomic E-state index is 13.5. The number of carbonyl (C=O) groups excluding carboxylic acids is 3. The van der Waals surface area contributed by atoms with E-state index in [4.69, 9.17) is 4.74 Å². The third-order valence-electron chi connectivity index (χ3n) is 4.64. The van der Waals surface area contributed by atoms with Gasteiger partial charge < -0.3 is 25.4 Å². The quantitative estimate of drug-likeness (QED) is 0.537. The number of benzene rings is 1. The zero-order valence-electron chi connectivity index (χ0n) is 20.6. The van der Waals surface area contributed by atoms with Gasteiger partial charge >= 0.3 is 6.09 Å². The highest BCUT2D eigenvalue weighted by molar-refractivity contribution is 5.92. The van der Waals surface area contributed by atoms with E-state index in [1.807, 2.05) is 52.8 Å². The molecule has 0 aromatic heterocycles. The fourth-order valence-electron chi connectivity index (χ4n) is 3.31. The summed E-state index contributed by atoms with van der Waals surface area (Å²) in [5.41, 5.74) is 1.78. The van der Waals surface area contributed by atoms with Gasteiger partial charge in [0.1, 0.15) is 17.7 Å². The van der Waals surface area contributed by atoms with Crippen molar-refractivity contribution in [1.29, 1.82) is 0 Å². The highest BCUT2D eigenvalue weighted by Crippen LogP contribution is 2.27. The van der Waals surface area contributed by atoms with Gasteiger partial charge in [-0.25, -0.2) is 4.79 Å². The van der Waals surface area contributed by atoms with Crippen molar-refractivity contribution in [2.24, 2.45) is 0 Å². The number of alkyl carbamates (subject to hydrolysis) is 1. The van der Waals surface area contributed by atoms with Gasteiger partial charge in [-0.15, -0.1) is 0 Å². The molecule has 2 atom stereocenters. The number of ether oxygens (including phenoxy) is 1. The molecule has 8 heteroatoms. The predicted molar refractivity (Wildman–Crippen MR) is 124 cm³/mol. The Morgan fingerprint density at radius 1 is 1.12 bits per heavy atom. The molecule has 32 heavy (non-hydrogen) atoms. The Labute approximate surface area is 191 Å². The van der Waals surface area contributed by atoms with Crippen molar-refractivity contribution in [2.45, 2.75) is 85.5 Å². The van der Waals surface area contributed by atoms with E-state index >= 15 is 0 Å². The summed E-state index contributed by atoms with van der Waals surface area (Å²) >= 11 is 0. The Kier molecular flexibility index (Phi) is 10.2. The van der Waals surface area contributed by atoms with Crippen LogP contribution in [0.2, 0.25) is 0 Å². The van der Waals surface area contributed by atoms with Crippen LogP contribution in [0.3, 0.4) is 0 Å². The zero-order valence-corrected chi connectivity index (χ0v) is 20.6. The molecule has 0 radical (unpaired) electrons. The van der Waals surface area contributed by atoms with Crippen molar-refractivity contribution in [3.8, 4) is 0 Å². The van der Waals surface area contributed by atoms with Crippen molar-refractivity contribution >= 4 is 17.9 Å². The molecule has 0 aliphatic carbocycles. The molecular weight excluding hydrogens is 410 g/mol. The van der Waals surface area contributed by atoms with E-state index in [0.29, 0.717) is 12.0 Å². The van der Waals surface area contributed by atoms with Crippen molar-refractivity contribution in [2.75, 3.05) is 13.2 Å². The molecular formula is C24H39N3O5. The lowest BCUT2D eigenvalue weighted by Crippen LogP contribution is -2.55. The van der Waals surface area contributed by atoms with Crippen LogP contribution in [0.15, 0.2) is 18.2 Å².